The Balaban J connectivity index is 2.13. The van der Waals surface area contributed by atoms with E-state index in [0.29, 0.717) is 0 Å². The Morgan fingerprint density at radius 3 is 3.19 bits per heavy atom. The highest BCUT2D eigenvalue weighted by atomic mass is 14.8. The second-order valence-electron chi connectivity index (χ2n) is 4.26. The fourth-order valence-corrected chi connectivity index (χ4v) is 2.39. The summed E-state index contributed by atoms with van der Waals surface area (Å²) in [6.07, 6.45) is 9.36. The molecule has 0 N–H and O–H groups in total. The molecule has 2 aliphatic heterocycles. The third-order valence-electron chi connectivity index (χ3n) is 3.24. The van der Waals surface area contributed by atoms with Crippen LogP contribution in [0.25, 0.3) is 17.7 Å². The van der Waals surface area contributed by atoms with Gasteiger partial charge in [0, 0.05) is 23.9 Å². The Kier molecular flexibility index (Phi) is 1.43. The summed E-state index contributed by atoms with van der Waals surface area (Å²) < 4.78 is 0. The first-order valence-corrected chi connectivity index (χ1v) is 5.54. The van der Waals surface area contributed by atoms with E-state index < -0.39 is 0 Å². The molecular weight excluding hydrogens is 196 g/mol. The molecule has 2 heteroatoms. The van der Waals surface area contributed by atoms with Gasteiger partial charge in [-0.3, -0.25) is 9.98 Å². The zero-order chi connectivity index (χ0) is 10.5. The van der Waals surface area contributed by atoms with Crippen LogP contribution < -0.4 is 10.6 Å². The van der Waals surface area contributed by atoms with Crippen molar-refractivity contribution in [3.05, 3.63) is 45.6 Å². The van der Waals surface area contributed by atoms with Crippen LogP contribution in [0.4, 0.5) is 0 Å². The Bertz CT molecular complexity index is 703. The molecule has 0 amide bonds. The van der Waals surface area contributed by atoms with E-state index in [2.05, 4.69) is 40.3 Å². The lowest BCUT2D eigenvalue weighted by Gasteiger charge is -2.04. The van der Waals surface area contributed by atoms with Crippen LogP contribution in [0.5, 0.6) is 0 Å². The fraction of sp³-hybridized carbons (Fsp3) is 0.143. The second kappa shape index (κ2) is 2.79. The van der Waals surface area contributed by atoms with Crippen LogP contribution in [0.1, 0.15) is 17.5 Å². The van der Waals surface area contributed by atoms with Crippen LogP contribution in [0.15, 0.2) is 33.9 Å². The highest BCUT2D eigenvalue weighted by molar-refractivity contribution is 5.94. The van der Waals surface area contributed by atoms with Gasteiger partial charge in [-0.25, -0.2) is 0 Å². The lowest BCUT2D eigenvalue weighted by atomic mass is 10.0. The molecule has 16 heavy (non-hydrogen) atoms. The number of benzene rings is 1. The Morgan fingerprint density at radius 1 is 1.19 bits per heavy atom. The van der Waals surface area contributed by atoms with Crippen molar-refractivity contribution in [3.8, 4) is 0 Å². The van der Waals surface area contributed by atoms with Gasteiger partial charge in [0.2, 0.25) is 0 Å². The molecular formula is C14H10N2. The van der Waals surface area contributed by atoms with Crippen molar-refractivity contribution in [3.63, 3.8) is 0 Å². The third-order valence-corrected chi connectivity index (χ3v) is 3.24. The van der Waals surface area contributed by atoms with Gasteiger partial charge in [0.15, 0.2) is 0 Å². The lowest BCUT2D eigenvalue weighted by Crippen LogP contribution is -2.18. The number of allylic oxidation sites excluding steroid dienone is 2. The lowest BCUT2D eigenvalue weighted by molar-refractivity contribution is 1.22. The van der Waals surface area contributed by atoms with Gasteiger partial charge >= 0.3 is 0 Å². The minimum absolute atomic E-state index is 0.767. The van der Waals surface area contributed by atoms with Gasteiger partial charge in [-0.15, -0.1) is 0 Å². The molecule has 3 aliphatic rings. The number of rotatable bonds is 0. The normalized spacial score (nSPS) is 23.1. The zero-order valence-corrected chi connectivity index (χ0v) is 8.77. The van der Waals surface area contributed by atoms with Gasteiger partial charge in [-0.05, 0) is 28.5 Å². The number of fused-ring (bicyclic) bond motifs is 4. The van der Waals surface area contributed by atoms with Crippen molar-refractivity contribution in [1.29, 1.82) is 0 Å². The minimum Gasteiger partial charge on any atom is -0.289 e. The smallest absolute Gasteiger partial charge is 0.0715 e. The molecule has 0 saturated carbocycles. The van der Waals surface area contributed by atoms with E-state index in [0.717, 1.165) is 18.3 Å². The number of aliphatic imine (C=N–C) groups is 1. The zero-order valence-electron chi connectivity index (χ0n) is 8.77. The molecule has 1 aromatic carbocycles. The van der Waals surface area contributed by atoms with Gasteiger partial charge in [0.1, 0.15) is 0 Å². The summed E-state index contributed by atoms with van der Waals surface area (Å²) in [4.78, 5) is 8.84. The summed E-state index contributed by atoms with van der Waals surface area (Å²) in [5.74, 6) is 0. The molecule has 1 aromatic rings. The fourth-order valence-electron chi connectivity index (χ4n) is 2.39. The Hall–Kier alpha value is -1.96. The molecule has 76 valence electrons. The van der Waals surface area contributed by atoms with Gasteiger partial charge in [0.05, 0.1) is 11.9 Å². The average Bonchev–Trinajstić information content (AvgIpc) is 2.92. The highest BCUT2D eigenvalue weighted by Gasteiger charge is 2.30. The van der Waals surface area contributed by atoms with E-state index in [4.69, 9.17) is 0 Å². The highest BCUT2D eigenvalue weighted by Crippen LogP contribution is 2.43. The van der Waals surface area contributed by atoms with Gasteiger partial charge in [-0.2, -0.15) is 0 Å². The predicted octanol–water partition coefficient (Wildman–Crippen LogP) is 1.31. The molecule has 2 nitrogen and oxygen atoms in total. The Labute approximate surface area is 93.1 Å². The largest absolute Gasteiger partial charge is 0.289 e. The SMILES string of the molecule is C1=NC/C=C\c2c3c(cc/c2=C/1)=NC1=C3C1. The van der Waals surface area contributed by atoms with Crippen LogP contribution in [-0.2, 0) is 0 Å². The third kappa shape index (κ3) is 1.01. The molecule has 0 radical (unpaired) electrons. The first kappa shape index (κ1) is 8.22. The molecule has 0 bridgehead atoms. The summed E-state index contributed by atoms with van der Waals surface area (Å²) in [6.45, 7) is 0.767. The van der Waals surface area contributed by atoms with Crippen molar-refractivity contribution in [2.45, 2.75) is 6.42 Å². The van der Waals surface area contributed by atoms with Crippen molar-refractivity contribution in [2.75, 3.05) is 6.54 Å². The van der Waals surface area contributed by atoms with Gasteiger partial charge in [-0.1, -0.05) is 18.2 Å². The maximum atomic E-state index is 4.59. The Morgan fingerprint density at radius 2 is 2.19 bits per heavy atom. The monoisotopic (exact) mass is 206 g/mol. The number of hydrogen-bond donors (Lipinski definition) is 0. The molecule has 0 saturated heterocycles. The van der Waals surface area contributed by atoms with Crippen molar-refractivity contribution < 1.29 is 0 Å². The van der Waals surface area contributed by atoms with Gasteiger partial charge in [0.25, 0.3) is 0 Å². The van der Waals surface area contributed by atoms with Crippen molar-refractivity contribution in [2.24, 2.45) is 9.98 Å². The van der Waals surface area contributed by atoms with E-state index in [1.807, 2.05) is 6.21 Å². The first-order chi connectivity index (χ1) is 7.93. The summed E-state index contributed by atoms with van der Waals surface area (Å²) in [5, 5.41) is 2.39. The molecule has 0 unspecified atom stereocenters. The van der Waals surface area contributed by atoms with Crippen molar-refractivity contribution in [1.82, 2.24) is 0 Å². The van der Waals surface area contributed by atoms with Gasteiger partial charge < -0.3 is 0 Å². The summed E-state index contributed by atoms with van der Waals surface area (Å²) >= 11 is 0. The standard InChI is InChI=1S/C14H10N2/c1-2-10-9(5-7-15-6-1)3-4-12-14(10)11-8-13(11)16-12/h1-5,7H,6,8H2/b2-1-,9-5-,15-7?. The van der Waals surface area contributed by atoms with Crippen molar-refractivity contribution >= 4 is 23.9 Å². The van der Waals surface area contributed by atoms with Crippen LogP contribution in [-0.4, -0.2) is 12.8 Å². The molecule has 2 heterocycles. The first-order valence-electron chi connectivity index (χ1n) is 5.54. The minimum atomic E-state index is 0.767. The van der Waals surface area contributed by atoms with E-state index in [9.17, 15) is 0 Å². The van der Waals surface area contributed by atoms with Crippen LogP contribution in [0.2, 0.25) is 0 Å². The topological polar surface area (TPSA) is 24.7 Å². The number of nitrogens with zero attached hydrogens (tertiary/aromatic N) is 2. The van der Waals surface area contributed by atoms with E-state index >= 15 is 0 Å². The summed E-state index contributed by atoms with van der Waals surface area (Å²) in [6, 6.07) is 4.24. The molecule has 0 spiro atoms. The molecule has 4 rings (SSSR count). The molecule has 1 aliphatic carbocycles. The van der Waals surface area contributed by atoms with E-state index in [-0.39, 0.29) is 0 Å². The predicted molar refractivity (Wildman–Crippen MR) is 65.6 cm³/mol. The van der Waals surface area contributed by atoms with Crippen LogP contribution in [0.3, 0.4) is 0 Å². The molecule has 0 atom stereocenters. The van der Waals surface area contributed by atoms with Crippen LogP contribution in [0, 0.1) is 0 Å². The maximum absolute atomic E-state index is 4.59. The number of hydrogen-bond acceptors (Lipinski definition) is 2. The van der Waals surface area contributed by atoms with E-state index in [1.165, 1.54) is 27.6 Å². The molecule has 0 fully saturated rings. The molecule has 0 aromatic heterocycles. The maximum Gasteiger partial charge on any atom is 0.0715 e. The quantitative estimate of drug-likeness (QED) is 0.611. The second-order valence-corrected chi connectivity index (χ2v) is 4.26. The summed E-state index contributed by atoms with van der Waals surface area (Å²) in [7, 11) is 0. The average molecular weight is 206 g/mol. The summed E-state index contributed by atoms with van der Waals surface area (Å²) in [5.41, 5.74) is 5.40. The van der Waals surface area contributed by atoms with Crippen LogP contribution >= 0.6 is 0 Å². The van der Waals surface area contributed by atoms with E-state index in [1.54, 1.807) is 0 Å².